The second kappa shape index (κ2) is 13.9. The Balaban J connectivity index is 0.00000512. The highest BCUT2D eigenvalue weighted by Gasteiger charge is 2.42. The lowest BCUT2D eigenvalue weighted by atomic mass is 9.84. The quantitative estimate of drug-likeness (QED) is 0.261. The third kappa shape index (κ3) is 7.23. The summed E-state index contributed by atoms with van der Waals surface area (Å²) in [7, 11) is 7.17. The fraction of sp³-hybridized carbons (Fsp3) is 0.667. The summed E-state index contributed by atoms with van der Waals surface area (Å²) in [5.41, 5.74) is 0.882. The minimum absolute atomic E-state index is 0. The first-order chi connectivity index (χ1) is 14.9. The van der Waals surface area contributed by atoms with Gasteiger partial charge in [-0.2, -0.15) is 0 Å². The molecule has 1 atom stereocenters. The summed E-state index contributed by atoms with van der Waals surface area (Å²) in [6.45, 7) is 7.59. The number of amides is 1. The highest BCUT2D eigenvalue weighted by molar-refractivity contribution is 14.0. The van der Waals surface area contributed by atoms with E-state index in [1.54, 1.807) is 19.1 Å². The van der Waals surface area contributed by atoms with Crippen molar-refractivity contribution in [3.8, 4) is 5.75 Å². The van der Waals surface area contributed by atoms with Gasteiger partial charge >= 0.3 is 0 Å². The molecule has 1 aromatic rings. The zero-order chi connectivity index (χ0) is 22.9. The van der Waals surface area contributed by atoms with Gasteiger partial charge in [0, 0.05) is 34.2 Å². The van der Waals surface area contributed by atoms with Crippen LogP contribution in [-0.4, -0.2) is 76.1 Å². The van der Waals surface area contributed by atoms with E-state index in [4.69, 9.17) is 4.74 Å². The minimum atomic E-state index is -0.327. The molecule has 8 heteroatoms. The first kappa shape index (κ1) is 28.5. The predicted molar refractivity (Wildman–Crippen MR) is 143 cm³/mol. The van der Waals surface area contributed by atoms with Gasteiger partial charge < -0.3 is 20.3 Å². The van der Waals surface area contributed by atoms with Crippen LogP contribution in [0.3, 0.4) is 0 Å². The van der Waals surface area contributed by atoms with Crippen LogP contribution in [0.15, 0.2) is 29.3 Å². The Bertz CT molecular complexity index is 731. The Kier molecular flexibility index (Phi) is 12.3. The van der Waals surface area contributed by atoms with E-state index in [-0.39, 0.29) is 41.3 Å². The number of halogens is 1. The molecule has 1 aliphatic carbocycles. The Morgan fingerprint density at radius 3 is 2.38 bits per heavy atom. The monoisotopic (exact) mass is 559 g/mol. The molecular formula is C24H42IN5O2. The topological polar surface area (TPSA) is 69.2 Å². The largest absolute Gasteiger partial charge is 0.497 e. The average Bonchev–Trinajstić information content (AvgIpc) is 3.27. The number of hydrogen-bond donors (Lipinski definition) is 2. The maximum atomic E-state index is 12.9. The van der Waals surface area contributed by atoms with Crippen molar-refractivity contribution in [2.45, 2.75) is 45.6 Å². The molecule has 1 aliphatic rings. The summed E-state index contributed by atoms with van der Waals surface area (Å²) < 4.78 is 5.44. The molecule has 0 spiro atoms. The van der Waals surface area contributed by atoms with Crippen molar-refractivity contribution in [2.75, 3.05) is 54.4 Å². The highest BCUT2D eigenvalue weighted by Crippen LogP contribution is 2.38. The summed E-state index contributed by atoms with van der Waals surface area (Å²) in [5, 5.41) is 6.94. The van der Waals surface area contributed by atoms with Gasteiger partial charge in [0.05, 0.1) is 18.6 Å². The third-order valence-electron chi connectivity index (χ3n) is 6.43. The van der Waals surface area contributed by atoms with Crippen molar-refractivity contribution in [1.82, 2.24) is 20.4 Å². The van der Waals surface area contributed by atoms with Crippen molar-refractivity contribution >= 4 is 35.8 Å². The van der Waals surface area contributed by atoms with Crippen molar-refractivity contribution in [3.63, 3.8) is 0 Å². The molecule has 2 N–H and O–H groups in total. The molecule has 2 rings (SSSR count). The summed E-state index contributed by atoms with van der Waals surface area (Å²) in [5.74, 6) is 1.81. The molecule has 1 fully saturated rings. The van der Waals surface area contributed by atoms with Gasteiger partial charge in [-0.05, 0) is 43.6 Å². The molecule has 0 radical (unpaired) electrons. The van der Waals surface area contributed by atoms with Crippen LogP contribution in [0.4, 0.5) is 0 Å². The first-order valence-electron chi connectivity index (χ1n) is 11.4. The molecule has 1 aromatic carbocycles. The van der Waals surface area contributed by atoms with Gasteiger partial charge in [0.25, 0.3) is 0 Å². The van der Waals surface area contributed by atoms with Gasteiger partial charge in [0.1, 0.15) is 5.75 Å². The lowest BCUT2D eigenvalue weighted by molar-refractivity contribution is -0.138. The molecule has 0 saturated heterocycles. The fourth-order valence-electron chi connectivity index (χ4n) is 4.63. The van der Waals surface area contributed by atoms with Crippen LogP contribution in [0, 0.1) is 5.41 Å². The smallest absolute Gasteiger partial charge is 0.230 e. The average molecular weight is 560 g/mol. The zero-order valence-corrected chi connectivity index (χ0v) is 22.9. The van der Waals surface area contributed by atoms with E-state index in [9.17, 15) is 4.79 Å². The van der Waals surface area contributed by atoms with E-state index in [1.165, 1.54) is 5.56 Å². The second-order valence-electron chi connectivity index (χ2n) is 8.51. The van der Waals surface area contributed by atoms with Crippen LogP contribution in [0.5, 0.6) is 5.75 Å². The van der Waals surface area contributed by atoms with E-state index in [2.05, 4.69) is 46.5 Å². The van der Waals surface area contributed by atoms with Gasteiger partial charge in [-0.1, -0.05) is 38.8 Å². The van der Waals surface area contributed by atoms with Crippen molar-refractivity contribution in [1.29, 1.82) is 0 Å². The number of carbonyl (C=O) groups excluding carboxylic acids is 1. The van der Waals surface area contributed by atoms with Crippen LogP contribution in [-0.2, 0) is 4.79 Å². The number of benzene rings is 1. The summed E-state index contributed by atoms with van der Waals surface area (Å²) in [6.07, 6.45) is 4.07. The molecule has 32 heavy (non-hydrogen) atoms. The van der Waals surface area contributed by atoms with Gasteiger partial charge in [-0.15, -0.1) is 24.0 Å². The van der Waals surface area contributed by atoms with Crippen molar-refractivity contribution in [2.24, 2.45) is 10.4 Å². The predicted octanol–water partition coefficient (Wildman–Crippen LogP) is 3.51. The molecule has 1 saturated carbocycles. The lowest BCUT2D eigenvalue weighted by Gasteiger charge is -2.33. The summed E-state index contributed by atoms with van der Waals surface area (Å²) in [4.78, 5) is 21.4. The third-order valence-corrected chi connectivity index (χ3v) is 6.43. The summed E-state index contributed by atoms with van der Waals surface area (Å²) >= 11 is 0. The van der Waals surface area contributed by atoms with Crippen LogP contribution in [0.2, 0.25) is 0 Å². The minimum Gasteiger partial charge on any atom is -0.497 e. The van der Waals surface area contributed by atoms with Crippen molar-refractivity contribution in [3.05, 3.63) is 29.8 Å². The van der Waals surface area contributed by atoms with E-state index < -0.39 is 0 Å². The molecule has 1 amide bonds. The normalized spacial score (nSPS) is 16.3. The Hall–Kier alpha value is -1.55. The maximum Gasteiger partial charge on any atom is 0.230 e. The number of aliphatic imine (C=N–C) groups is 1. The van der Waals surface area contributed by atoms with E-state index in [0.29, 0.717) is 13.1 Å². The highest BCUT2D eigenvalue weighted by atomic mass is 127. The molecular weight excluding hydrogens is 517 g/mol. The summed E-state index contributed by atoms with van der Waals surface area (Å²) in [6, 6.07) is 8.44. The number of nitrogens with one attached hydrogen (secondary N) is 2. The molecule has 1 unspecified atom stereocenters. The number of likely N-dealkylation sites (N-methyl/N-ethyl adjacent to an activating group) is 1. The van der Waals surface area contributed by atoms with E-state index in [1.807, 2.05) is 26.2 Å². The number of methoxy groups -OCH3 is 1. The van der Waals surface area contributed by atoms with E-state index >= 15 is 0 Å². The number of guanidine groups is 1. The van der Waals surface area contributed by atoms with Crippen LogP contribution < -0.4 is 15.4 Å². The second-order valence-corrected chi connectivity index (χ2v) is 8.51. The standard InChI is InChI=1S/C24H41N5O2.HI/c1-7-29(8-2)21(19-12-11-13-20(16-19)31-6)17-26-23(25-3)27-18-24(14-9-10-15-24)22(30)28(4)5;/h11-13,16,21H,7-10,14-15,17-18H2,1-6H3,(H2,25,26,27);1H. The number of nitrogens with zero attached hydrogens (tertiary/aromatic N) is 3. The molecule has 7 nitrogen and oxygen atoms in total. The molecule has 182 valence electrons. The Morgan fingerprint density at radius 2 is 1.84 bits per heavy atom. The number of hydrogen-bond acceptors (Lipinski definition) is 4. The molecule has 0 bridgehead atoms. The maximum absolute atomic E-state index is 12.9. The lowest BCUT2D eigenvalue weighted by Crippen LogP contribution is -2.50. The van der Waals surface area contributed by atoms with Crippen LogP contribution in [0.1, 0.15) is 51.1 Å². The van der Waals surface area contributed by atoms with Gasteiger partial charge in [0.15, 0.2) is 5.96 Å². The number of ether oxygens (including phenoxy) is 1. The van der Waals surface area contributed by atoms with E-state index in [0.717, 1.165) is 50.5 Å². The Morgan fingerprint density at radius 1 is 1.19 bits per heavy atom. The Labute approximate surface area is 211 Å². The van der Waals surface area contributed by atoms with Gasteiger partial charge in [0.2, 0.25) is 5.91 Å². The van der Waals surface area contributed by atoms with Crippen molar-refractivity contribution < 1.29 is 9.53 Å². The number of rotatable bonds is 10. The van der Waals surface area contributed by atoms with Crippen LogP contribution >= 0.6 is 24.0 Å². The molecule has 0 heterocycles. The first-order valence-corrected chi connectivity index (χ1v) is 11.4. The molecule has 0 aliphatic heterocycles. The molecule has 0 aromatic heterocycles. The number of carbonyl (C=O) groups is 1. The van der Waals surface area contributed by atoms with Gasteiger partial charge in [-0.25, -0.2) is 0 Å². The van der Waals surface area contributed by atoms with Crippen LogP contribution in [0.25, 0.3) is 0 Å². The fourth-order valence-corrected chi connectivity index (χ4v) is 4.63. The van der Waals surface area contributed by atoms with Gasteiger partial charge in [-0.3, -0.25) is 14.7 Å². The zero-order valence-electron chi connectivity index (χ0n) is 20.6. The SMILES string of the molecule is CCN(CC)C(CNC(=NC)NCC1(C(=O)N(C)C)CCCC1)c1cccc(OC)c1.I.